The fraction of sp³-hybridized carbons (Fsp3) is 0.412. The minimum atomic E-state index is -0.128. The number of anilines is 1. The molecule has 0 radical (unpaired) electrons. The van der Waals surface area contributed by atoms with E-state index in [4.69, 9.17) is 5.11 Å². The zero-order chi connectivity index (χ0) is 14.5. The maximum absolute atomic E-state index is 8.80. The molecule has 1 aliphatic rings. The monoisotopic (exact) mass is 281 g/mol. The normalized spacial score (nSPS) is 15.5. The number of rotatable bonds is 2. The SMILES string of the molecule is OCC#Cc1ccc2ncnc(NC3CCCCC3)c2c1. The van der Waals surface area contributed by atoms with Crippen molar-refractivity contribution in [1.82, 2.24) is 9.97 Å². The van der Waals surface area contributed by atoms with Gasteiger partial charge in [0, 0.05) is 17.0 Å². The third kappa shape index (κ3) is 3.32. The molecular weight excluding hydrogens is 262 g/mol. The van der Waals surface area contributed by atoms with E-state index in [0.29, 0.717) is 6.04 Å². The van der Waals surface area contributed by atoms with Gasteiger partial charge in [-0.2, -0.15) is 0 Å². The summed E-state index contributed by atoms with van der Waals surface area (Å²) in [4.78, 5) is 8.71. The van der Waals surface area contributed by atoms with Gasteiger partial charge >= 0.3 is 0 Å². The van der Waals surface area contributed by atoms with E-state index < -0.39 is 0 Å². The van der Waals surface area contributed by atoms with Gasteiger partial charge in [-0.15, -0.1) is 0 Å². The van der Waals surface area contributed by atoms with E-state index in [1.54, 1.807) is 6.33 Å². The number of nitrogens with zero attached hydrogens (tertiary/aromatic N) is 2. The van der Waals surface area contributed by atoms with Gasteiger partial charge in [0.25, 0.3) is 0 Å². The van der Waals surface area contributed by atoms with Crippen LogP contribution in [0.2, 0.25) is 0 Å². The lowest BCUT2D eigenvalue weighted by atomic mass is 9.95. The van der Waals surface area contributed by atoms with Gasteiger partial charge in [0.1, 0.15) is 18.8 Å². The number of aliphatic hydroxyl groups is 1. The Labute approximate surface area is 124 Å². The first-order valence-electron chi connectivity index (χ1n) is 7.48. The Morgan fingerprint density at radius 1 is 1.19 bits per heavy atom. The lowest BCUT2D eigenvalue weighted by Gasteiger charge is -2.23. The Kier molecular flexibility index (Phi) is 4.32. The molecule has 0 amide bonds. The average molecular weight is 281 g/mol. The molecule has 108 valence electrons. The van der Waals surface area contributed by atoms with Gasteiger partial charge in [0.05, 0.1) is 5.52 Å². The summed E-state index contributed by atoms with van der Waals surface area (Å²) in [5, 5.41) is 13.4. The van der Waals surface area contributed by atoms with E-state index in [-0.39, 0.29) is 6.61 Å². The van der Waals surface area contributed by atoms with Crippen molar-refractivity contribution in [2.75, 3.05) is 11.9 Å². The zero-order valence-corrected chi connectivity index (χ0v) is 12.0. The number of hydrogen-bond acceptors (Lipinski definition) is 4. The highest BCUT2D eigenvalue weighted by Gasteiger charge is 2.15. The van der Waals surface area contributed by atoms with Crippen LogP contribution in [0.15, 0.2) is 24.5 Å². The van der Waals surface area contributed by atoms with Crippen molar-refractivity contribution in [3.8, 4) is 11.8 Å². The standard InChI is InChI=1S/C17H19N3O/c21-10-4-5-13-8-9-16-15(11-13)17(19-12-18-16)20-14-6-2-1-3-7-14/h8-9,11-12,14,21H,1-3,6-7,10H2,(H,18,19,20). The molecule has 1 aromatic heterocycles. The second-order valence-electron chi connectivity index (χ2n) is 5.39. The second kappa shape index (κ2) is 6.55. The summed E-state index contributed by atoms with van der Waals surface area (Å²) >= 11 is 0. The Bertz CT molecular complexity index is 681. The molecule has 0 atom stereocenters. The fourth-order valence-corrected chi connectivity index (χ4v) is 2.83. The highest BCUT2D eigenvalue weighted by molar-refractivity contribution is 5.90. The molecular formula is C17H19N3O. The van der Waals surface area contributed by atoms with Gasteiger partial charge in [-0.05, 0) is 31.0 Å². The summed E-state index contributed by atoms with van der Waals surface area (Å²) in [6, 6.07) is 6.36. The van der Waals surface area contributed by atoms with E-state index in [0.717, 1.165) is 22.3 Å². The molecule has 3 rings (SSSR count). The molecule has 4 nitrogen and oxygen atoms in total. The molecule has 2 N–H and O–H groups in total. The largest absolute Gasteiger partial charge is 0.384 e. The van der Waals surface area contributed by atoms with Crippen LogP contribution in [0.4, 0.5) is 5.82 Å². The maximum Gasteiger partial charge on any atom is 0.137 e. The van der Waals surface area contributed by atoms with Crippen molar-refractivity contribution in [2.24, 2.45) is 0 Å². The summed E-state index contributed by atoms with van der Waals surface area (Å²) < 4.78 is 0. The molecule has 1 aliphatic carbocycles. The van der Waals surface area contributed by atoms with Crippen LogP contribution in [0, 0.1) is 11.8 Å². The number of aromatic nitrogens is 2. The van der Waals surface area contributed by atoms with Gasteiger partial charge in [0.15, 0.2) is 0 Å². The van der Waals surface area contributed by atoms with Crippen LogP contribution in [0.5, 0.6) is 0 Å². The molecule has 0 aliphatic heterocycles. The summed E-state index contributed by atoms with van der Waals surface area (Å²) in [5.41, 5.74) is 1.79. The summed E-state index contributed by atoms with van der Waals surface area (Å²) in [6.45, 7) is -0.128. The van der Waals surface area contributed by atoms with Crippen molar-refractivity contribution in [3.05, 3.63) is 30.1 Å². The van der Waals surface area contributed by atoms with Gasteiger partial charge in [-0.25, -0.2) is 9.97 Å². The molecule has 0 saturated heterocycles. The van der Waals surface area contributed by atoms with Crippen LogP contribution >= 0.6 is 0 Å². The number of benzene rings is 1. The van der Waals surface area contributed by atoms with Gasteiger partial charge < -0.3 is 10.4 Å². The maximum atomic E-state index is 8.80. The molecule has 0 unspecified atom stereocenters. The smallest absolute Gasteiger partial charge is 0.137 e. The lowest BCUT2D eigenvalue weighted by Crippen LogP contribution is -2.23. The molecule has 0 bridgehead atoms. The Balaban J connectivity index is 1.92. The number of aliphatic hydroxyl groups excluding tert-OH is 1. The first kappa shape index (κ1) is 13.8. The third-order valence-corrected chi connectivity index (χ3v) is 3.89. The summed E-state index contributed by atoms with van der Waals surface area (Å²) in [7, 11) is 0. The molecule has 2 aromatic rings. The minimum Gasteiger partial charge on any atom is -0.384 e. The molecule has 1 saturated carbocycles. The fourth-order valence-electron chi connectivity index (χ4n) is 2.83. The Morgan fingerprint density at radius 3 is 2.86 bits per heavy atom. The lowest BCUT2D eigenvalue weighted by molar-refractivity contribution is 0.350. The van der Waals surface area contributed by atoms with Crippen LogP contribution < -0.4 is 5.32 Å². The molecule has 1 fully saturated rings. The zero-order valence-electron chi connectivity index (χ0n) is 12.0. The van der Waals surface area contributed by atoms with Crippen molar-refractivity contribution >= 4 is 16.7 Å². The van der Waals surface area contributed by atoms with E-state index in [1.165, 1.54) is 32.1 Å². The second-order valence-corrected chi connectivity index (χ2v) is 5.39. The summed E-state index contributed by atoms with van der Waals surface area (Å²) in [6.07, 6.45) is 7.92. The highest BCUT2D eigenvalue weighted by atomic mass is 16.2. The van der Waals surface area contributed by atoms with Crippen LogP contribution in [-0.4, -0.2) is 27.7 Å². The number of nitrogens with one attached hydrogen (secondary N) is 1. The van der Waals surface area contributed by atoms with E-state index >= 15 is 0 Å². The minimum absolute atomic E-state index is 0.128. The van der Waals surface area contributed by atoms with Gasteiger partial charge in [-0.1, -0.05) is 31.1 Å². The van der Waals surface area contributed by atoms with E-state index in [2.05, 4.69) is 27.1 Å². The Hall–Kier alpha value is -2.12. The van der Waals surface area contributed by atoms with Crippen molar-refractivity contribution in [1.29, 1.82) is 0 Å². The first-order valence-corrected chi connectivity index (χ1v) is 7.48. The highest BCUT2D eigenvalue weighted by Crippen LogP contribution is 2.25. The van der Waals surface area contributed by atoms with Crippen LogP contribution in [0.3, 0.4) is 0 Å². The quantitative estimate of drug-likeness (QED) is 0.831. The molecule has 4 heteroatoms. The molecule has 0 spiro atoms. The third-order valence-electron chi connectivity index (χ3n) is 3.89. The van der Waals surface area contributed by atoms with Crippen molar-refractivity contribution in [2.45, 2.75) is 38.1 Å². The average Bonchev–Trinajstić information content (AvgIpc) is 2.54. The van der Waals surface area contributed by atoms with E-state index in [9.17, 15) is 0 Å². The number of fused-ring (bicyclic) bond motifs is 1. The van der Waals surface area contributed by atoms with Crippen LogP contribution in [-0.2, 0) is 0 Å². The molecule has 1 heterocycles. The van der Waals surface area contributed by atoms with Crippen LogP contribution in [0.1, 0.15) is 37.7 Å². The van der Waals surface area contributed by atoms with E-state index in [1.807, 2.05) is 18.2 Å². The van der Waals surface area contributed by atoms with Crippen molar-refractivity contribution in [3.63, 3.8) is 0 Å². The topological polar surface area (TPSA) is 58.0 Å². The predicted molar refractivity (Wildman–Crippen MR) is 84.0 cm³/mol. The molecule has 21 heavy (non-hydrogen) atoms. The van der Waals surface area contributed by atoms with Crippen LogP contribution in [0.25, 0.3) is 10.9 Å². The number of hydrogen-bond donors (Lipinski definition) is 2. The van der Waals surface area contributed by atoms with Crippen molar-refractivity contribution < 1.29 is 5.11 Å². The predicted octanol–water partition coefficient (Wildman–Crippen LogP) is 2.72. The summed E-state index contributed by atoms with van der Waals surface area (Å²) in [5.74, 6) is 6.50. The van der Waals surface area contributed by atoms with Gasteiger partial charge in [-0.3, -0.25) is 0 Å². The Morgan fingerprint density at radius 2 is 2.05 bits per heavy atom. The van der Waals surface area contributed by atoms with Gasteiger partial charge in [0.2, 0.25) is 0 Å². The first-order chi connectivity index (χ1) is 10.4. The molecule has 1 aromatic carbocycles.